The molecule has 1 fully saturated rings. The van der Waals surface area contributed by atoms with Crippen molar-refractivity contribution in [2.45, 2.75) is 24.4 Å². The molecule has 0 radical (unpaired) electrons. The van der Waals surface area contributed by atoms with E-state index in [-0.39, 0.29) is 36.0 Å². The highest BCUT2D eigenvalue weighted by Gasteiger charge is 2.38. The van der Waals surface area contributed by atoms with Crippen LogP contribution in [0.4, 0.5) is 8.78 Å². The van der Waals surface area contributed by atoms with E-state index in [1.54, 1.807) is 4.90 Å². The Hall–Kier alpha value is -3.31. The molecule has 0 bridgehead atoms. The number of benzene rings is 3. The zero-order chi connectivity index (χ0) is 22.1. The van der Waals surface area contributed by atoms with Gasteiger partial charge in [0.05, 0.1) is 12.1 Å². The first-order valence-electron chi connectivity index (χ1n) is 10.9. The molecular weight excluding hydrogens is 406 g/mol. The first-order chi connectivity index (χ1) is 15.6. The van der Waals surface area contributed by atoms with Crippen LogP contribution in [-0.2, 0) is 4.79 Å². The minimum atomic E-state index is -0.494. The van der Waals surface area contributed by atoms with Crippen LogP contribution < -0.4 is 5.32 Å². The van der Waals surface area contributed by atoms with Gasteiger partial charge in [0.2, 0.25) is 5.91 Å². The van der Waals surface area contributed by atoms with Crippen molar-refractivity contribution in [3.05, 3.63) is 113 Å². The summed E-state index contributed by atoms with van der Waals surface area (Å²) < 4.78 is 28.3. The molecule has 32 heavy (non-hydrogen) atoms. The van der Waals surface area contributed by atoms with Crippen molar-refractivity contribution in [3.8, 4) is 0 Å². The first-order valence-corrected chi connectivity index (χ1v) is 10.9. The molecule has 1 saturated heterocycles. The maximum absolute atomic E-state index is 14.5. The summed E-state index contributed by atoms with van der Waals surface area (Å²) in [5.41, 5.74) is 3.01. The van der Waals surface area contributed by atoms with E-state index in [9.17, 15) is 13.6 Å². The fourth-order valence-electron chi connectivity index (χ4n) is 4.78. The van der Waals surface area contributed by atoms with Gasteiger partial charge in [-0.2, -0.15) is 0 Å². The Labute approximate surface area is 186 Å². The zero-order valence-corrected chi connectivity index (χ0v) is 17.5. The number of carbonyl (C=O) groups excluding carboxylic acids is 1. The van der Waals surface area contributed by atoms with Gasteiger partial charge >= 0.3 is 0 Å². The molecule has 5 rings (SSSR count). The van der Waals surface area contributed by atoms with Crippen LogP contribution in [0.2, 0.25) is 0 Å². The average Bonchev–Trinajstić information content (AvgIpc) is 3.50. The van der Waals surface area contributed by atoms with Gasteiger partial charge in [0.15, 0.2) is 0 Å². The molecule has 1 unspecified atom stereocenters. The second-order valence-electron chi connectivity index (χ2n) is 8.44. The van der Waals surface area contributed by atoms with E-state index in [0.717, 1.165) is 24.2 Å². The van der Waals surface area contributed by atoms with Crippen molar-refractivity contribution in [3.63, 3.8) is 0 Å². The molecule has 2 aliphatic rings. The third kappa shape index (κ3) is 3.96. The second-order valence-corrected chi connectivity index (χ2v) is 8.44. The van der Waals surface area contributed by atoms with Gasteiger partial charge in [-0.3, -0.25) is 4.79 Å². The molecule has 3 aromatic rings. The van der Waals surface area contributed by atoms with E-state index in [4.69, 9.17) is 0 Å². The lowest BCUT2D eigenvalue weighted by molar-refractivity contribution is -0.133. The zero-order valence-electron chi connectivity index (χ0n) is 17.5. The smallest absolute Gasteiger partial charge is 0.240 e. The number of amides is 1. The standard InChI is InChI=1S/C27H24F2N2O/c28-22-11-12-24(29)23(15-22)21-14-26(19-9-5-2-6-10-19)31(17-21)27(32)25-13-20(16-30-25)18-7-3-1-4-8-18/h1-12,14-15,20,25-26,30H,13,16-17H2/t20-,25+,26?/m1/s1. The Morgan fingerprint density at radius 2 is 1.59 bits per heavy atom. The van der Waals surface area contributed by atoms with Crippen molar-refractivity contribution in [1.82, 2.24) is 10.2 Å². The number of halogens is 2. The molecule has 0 aliphatic carbocycles. The Kier molecular flexibility index (Phi) is 5.58. The summed E-state index contributed by atoms with van der Waals surface area (Å²) in [7, 11) is 0. The first kappa shape index (κ1) is 20.6. The number of hydrogen-bond acceptors (Lipinski definition) is 2. The summed E-state index contributed by atoms with van der Waals surface area (Å²) in [4.78, 5) is 15.4. The number of rotatable bonds is 4. The highest BCUT2D eigenvalue weighted by atomic mass is 19.1. The van der Waals surface area contributed by atoms with E-state index in [1.165, 1.54) is 11.6 Å². The maximum Gasteiger partial charge on any atom is 0.240 e. The largest absolute Gasteiger partial charge is 0.326 e. The quantitative estimate of drug-likeness (QED) is 0.626. The van der Waals surface area contributed by atoms with E-state index in [1.807, 2.05) is 54.6 Å². The van der Waals surface area contributed by atoms with Gasteiger partial charge in [-0.15, -0.1) is 0 Å². The van der Waals surface area contributed by atoms with Gasteiger partial charge in [0.1, 0.15) is 11.6 Å². The SMILES string of the molecule is O=C([C@@H]1C[C@@H](c2ccccc2)CN1)N1CC(c2cc(F)ccc2F)=CC1c1ccccc1. The summed E-state index contributed by atoms with van der Waals surface area (Å²) in [6.07, 6.45) is 2.60. The normalized spacial score (nSPS) is 22.8. The van der Waals surface area contributed by atoms with Crippen LogP contribution >= 0.6 is 0 Å². The second kappa shape index (κ2) is 8.67. The molecule has 0 spiro atoms. The minimum Gasteiger partial charge on any atom is -0.326 e. The predicted octanol–water partition coefficient (Wildman–Crippen LogP) is 5.08. The molecule has 162 valence electrons. The molecule has 2 heterocycles. The molecule has 2 aliphatic heterocycles. The van der Waals surface area contributed by atoms with Gasteiger partial charge in [-0.05, 0) is 47.2 Å². The van der Waals surface area contributed by atoms with Crippen LogP contribution in [0.15, 0.2) is 84.9 Å². The van der Waals surface area contributed by atoms with Crippen LogP contribution in [-0.4, -0.2) is 29.9 Å². The topological polar surface area (TPSA) is 32.3 Å². The molecule has 0 saturated carbocycles. The number of nitrogens with one attached hydrogen (secondary N) is 1. The summed E-state index contributed by atoms with van der Waals surface area (Å²) in [6.45, 7) is 0.982. The molecular formula is C27H24F2N2O. The molecule has 3 nitrogen and oxygen atoms in total. The minimum absolute atomic E-state index is 0.0136. The monoisotopic (exact) mass is 430 g/mol. The highest BCUT2D eigenvalue weighted by Crippen LogP contribution is 2.37. The number of carbonyl (C=O) groups is 1. The van der Waals surface area contributed by atoms with Gasteiger partial charge in [0, 0.05) is 18.7 Å². The van der Waals surface area contributed by atoms with Gasteiger partial charge < -0.3 is 10.2 Å². The number of nitrogens with zero attached hydrogens (tertiary/aromatic N) is 1. The number of hydrogen-bond donors (Lipinski definition) is 1. The van der Waals surface area contributed by atoms with E-state index < -0.39 is 11.6 Å². The van der Waals surface area contributed by atoms with Gasteiger partial charge in [-0.25, -0.2) is 8.78 Å². The van der Waals surface area contributed by atoms with Crippen LogP contribution in [0.3, 0.4) is 0 Å². The molecule has 5 heteroatoms. The summed E-state index contributed by atoms with van der Waals surface area (Å²) in [6, 6.07) is 22.7. The Bertz CT molecular complexity index is 1150. The average molecular weight is 430 g/mol. The maximum atomic E-state index is 14.5. The third-order valence-corrected chi connectivity index (χ3v) is 6.43. The van der Waals surface area contributed by atoms with Gasteiger partial charge in [-0.1, -0.05) is 66.7 Å². The van der Waals surface area contributed by atoms with Crippen LogP contribution in [0.25, 0.3) is 5.57 Å². The van der Waals surface area contributed by atoms with Crippen LogP contribution in [0, 0.1) is 11.6 Å². The Morgan fingerprint density at radius 1 is 0.906 bits per heavy atom. The molecule has 3 atom stereocenters. The van der Waals surface area contributed by atoms with Crippen LogP contribution in [0.1, 0.15) is 35.1 Å². The lowest BCUT2D eigenvalue weighted by Crippen LogP contribution is -2.43. The lowest BCUT2D eigenvalue weighted by Gasteiger charge is -2.28. The predicted molar refractivity (Wildman–Crippen MR) is 121 cm³/mol. The van der Waals surface area contributed by atoms with E-state index in [0.29, 0.717) is 12.0 Å². The summed E-state index contributed by atoms with van der Waals surface area (Å²) in [5, 5.41) is 3.38. The van der Waals surface area contributed by atoms with Crippen molar-refractivity contribution in [2.24, 2.45) is 0 Å². The molecule has 3 aromatic carbocycles. The Morgan fingerprint density at radius 3 is 2.31 bits per heavy atom. The Balaban J connectivity index is 1.42. The molecule has 1 amide bonds. The third-order valence-electron chi connectivity index (χ3n) is 6.43. The van der Waals surface area contributed by atoms with Crippen molar-refractivity contribution < 1.29 is 13.6 Å². The lowest BCUT2D eigenvalue weighted by atomic mass is 9.96. The molecule has 1 N–H and O–H groups in total. The van der Waals surface area contributed by atoms with Crippen LogP contribution in [0.5, 0.6) is 0 Å². The van der Waals surface area contributed by atoms with E-state index >= 15 is 0 Å². The van der Waals surface area contributed by atoms with Crippen molar-refractivity contribution in [2.75, 3.05) is 13.1 Å². The fraction of sp³-hybridized carbons (Fsp3) is 0.222. The van der Waals surface area contributed by atoms with E-state index in [2.05, 4.69) is 17.4 Å². The fourth-order valence-corrected chi connectivity index (χ4v) is 4.78. The van der Waals surface area contributed by atoms with Gasteiger partial charge in [0.25, 0.3) is 0 Å². The summed E-state index contributed by atoms with van der Waals surface area (Å²) in [5.74, 6) is -0.718. The summed E-state index contributed by atoms with van der Waals surface area (Å²) >= 11 is 0. The van der Waals surface area contributed by atoms with Crippen molar-refractivity contribution in [1.29, 1.82) is 0 Å². The highest BCUT2D eigenvalue weighted by molar-refractivity contribution is 5.87. The molecule has 0 aromatic heterocycles. The van der Waals surface area contributed by atoms with Crippen molar-refractivity contribution >= 4 is 11.5 Å².